The summed E-state index contributed by atoms with van der Waals surface area (Å²) in [5.74, 6) is -0.158. The van der Waals surface area contributed by atoms with E-state index in [-0.39, 0.29) is 24.3 Å². The highest BCUT2D eigenvalue weighted by atomic mass is 16.2. The minimum atomic E-state index is -0.650. The zero-order valence-corrected chi connectivity index (χ0v) is 14.3. The first-order chi connectivity index (χ1) is 11.6. The fraction of sp³-hybridized carbons (Fsp3) is 0.444. The van der Waals surface area contributed by atoms with E-state index in [0.717, 1.165) is 16.5 Å². The van der Waals surface area contributed by atoms with Gasteiger partial charge in [-0.2, -0.15) is 0 Å². The Hall–Kier alpha value is -2.18. The fourth-order valence-corrected chi connectivity index (χ4v) is 2.76. The number of amides is 1. The molecule has 2 atom stereocenters. The highest BCUT2D eigenvalue weighted by molar-refractivity contribution is 5.87. The number of H-pyrrole nitrogens is 1. The number of nitrogens with one attached hydrogen (secondary N) is 3. The van der Waals surface area contributed by atoms with Crippen molar-refractivity contribution in [3.63, 3.8) is 0 Å². The third kappa shape index (κ3) is 4.43. The first-order valence-electron chi connectivity index (χ1n) is 8.41. The molecule has 24 heavy (non-hydrogen) atoms. The number of rotatable bonds is 9. The van der Waals surface area contributed by atoms with E-state index in [9.17, 15) is 9.59 Å². The van der Waals surface area contributed by atoms with Gasteiger partial charge in [0.15, 0.2) is 5.78 Å². The normalized spacial score (nSPS) is 13.6. The van der Waals surface area contributed by atoms with Crippen molar-refractivity contribution >= 4 is 22.6 Å². The molecule has 130 valence electrons. The Kier molecular flexibility index (Phi) is 6.52. The summed E-state index contributed by atoms with van der Waals surface area (Å²) in [7, 11) is 0. The molecule has 6 nitrogen and oxygen atoms in total. The van der Waals surface area contributed by atoms with Crippen LogP contribution in [0.3, 0.4) is 0 Å². The van der Waals surface area contributed by atoms with Gasteiger partial charge >= 0.3 is 0 Å². The highest BCUT2D eigenvalue weighted by Gasteiger charge is 2.20. The van der Waals surface area contributed by atoms with Gasteiger partial charge in [-0.3, -0.25) is 9.59 Å². The molecule has 0 saturated heterocycles. The van der Waals surface area contributed by atoms with E-state index < -0.39 is 6.04 Å². The first-order valence-corrected chi connectivity index (χ1v) is 8.41. The SMILES string of the molecule is CCN[C@@H](CNC(=O)C(N)Cc1c[nH]c2ccccc12)C(=O)CC. The third-order valence-electron chi connectivity index (χ3n) is 4.12. The molecule has 1 amide bonds. The average molecular weight is 330 g/mol. The van der Waals surface area contributed by atoms with Crippen molar-refractivity contribution in [2.45, 2.75) is 38.8 Å². The quantitative estimate of drug-likeness (QED) is 0.553. The standard InChI is InChI=1S/C18H26N4O2/c1-3-17(23)16(20-4-2)11-22-18(24)14(19)9-12-10-21-15-8-6-5-7-13(12)15/h5-8,10,14,16,20-21H,3-4,9,11,19H2,1-2H3,(H,22,24)/t14?,16-/m0/s1. The molecule has 0 aliphatic carbocycles. The Labute approximate surface area is 142 Å². The fourth-order valence-electron chi connectivity index (χ4n) is 2.76. The largest absolute Gasteiger partial charge is 0.361 e. The summed E-state index contributed by atoms with van der Waals surface area (Å²) in [5.41, 5.74) is 8.08. The van der Waals surface area contributed by atoms with Gasteiger partial charge in [-0.15, -0.1) is 0 Å². The predicted octanol–water partition coefficient (Wildman–Crippen LogP) is 1.11. The smallest absolute Gasteiger partial charge is 0.237 e. The van der Waals surface area contributed by atoms with Gasteiger partial charge in [0.1, 0.15) is 0 Å². The average Bonchev–Trinajstić information content (AvgIpc) is 3.00. The maximum absolute atomic E-state index is 12.2. The van der Waals surface area contributed by atoms with E-state index >= 15 is 0 Å². The number of fused-ring (bicyclic) bond motifs is 1. The number of hydrogen-bond donors (Lipinski definition) is 4. The molecular formula is C18H26N4O2. The topological polar surface area (TPSA) is 100 Å². The second kappa shape index (κ2) is 8.61. The number of nitrogens with two attached hydrogens (primary N) is 1. The van der Waals surface area contributed by atoms with Crippen LogP contribution in [-0.4, -0.2) is 41.8 Å². The lowest BCUT2D eigenvalue weighted by molar-refractivity contribution is -0.123. The van der Waals surface area contributed by atoms with Crippen LogP contribution in [0.5, 0.6) is 0 Å². The molecular weight excluding hydrogens is 304 g/mol. The monoisotopic (exact) mass is 330 g/mol. The lowest BCUT2D eigenvalue weighted by Crippen LogP contribution is -2.50. The molecule has 0 bridgehead atoms. The van der Waals surface area contributed by atoms with Crippen LogP contribution in [0, 0.1) is 0 Å². The second-order valence-electron chi connectivity index (χ2n) is 5.85. The van der Waals surface area contributed by atoms with Crippen LogP contribution in [0.4, 0.5) is 0 Å². The van der Waals surface area contributed by atoms with E-state index in [4.69, 9.17) is 5.73 Å². The van der Waals surface area contributed by atoms with Crippen LogP contribution >= 0.6 is 0 Å². The van der Waals surface area contributed by atoms with E-state index in [1.165, 1.54) is 0 Å². The molecule has 2 rings (SSSR count). The van der Waals surface area contributed by atoms with Crippen LogP contribution in [-0.2, 0) is 16.0 Å². The molecule has 0 aliphatic heterocycles. The number of para-hydroxylation sites is 1. The minimum Gasteiger partial charge on any atom is -0.361 e. The number of carbonyl (C=O) groups is 2. The molecule has 0 saturated carbocycles. The van der Waals surface area contributed by atoms with Crippen molar-refractivity contribution in [1.29, 1.82) is 0 Å². The number of carbonyl (C=O) groups excluding carboxylic acids is 2. The predicted molar refractivity (Wildman–Crippen MR) is 95.8 cm³/mol. The Morgan fingerprint density at radius 3 is 2.71 bits per heavy atom. The molecule has 5 N–H and O–H groups in total. The number of hydrogen-bond acceptors (Lipinski definition) is 4. The number of aromatic amines is 1. The zero-order chi connectivity index (χ0) is 17.5. The van der Waals surface area contributed by atoms with Crippen molar-refractivity contribution in [3.8, 4) is 0 Å². The Balaban J connectivity index is 1.93. The van der Waals surface area contributed by atoms with Crippen LogP contribution in [0.25, 0.3) is 10.9 Å². The first kappa shape index (κ1) is 18.2. The van der Waals surface area contributed by atoms with Gasteiger partial charge in [0.05, 0.1) is 12.1 Å². The van der Waals surface area contributed by atoms with Gasteiger partial charge in [0.2, 0.25) is 5.91 Å². The third-order valence-corrected chi connectivity index (χ3v) is 4.12. The Morgan fingerprint density at radius 2 is 2.00 bits per heavy atom. The molecule has 1 unspecified atom stereocenters. The lowest BCUT2D eigenvalue weighted by atomic mass is 10.0. The summed E-state index contributed by atoms with van der Waals surface area (Å²) in [6, 6.07) is 6.91. The number of likely N-dealkylation sites (N-methyl/N-ethyl adjacent to an activating group) is 1. The second-order valence-corrected chi connectivity index (χ2v) is 5.85. The van der Waals surface area contributed by atoms with Crippen molar-refractivity contribution in [3.05, 3.63) is 36.0 Å². The van der Waals surface area contributed by atoms with E-state index in [1.807, 2.05) is 44.3 Å². The molecule has 0 aliphatic rings. The number of aromatic nitrogens is 1. The summed E-state index contributed by atoms with van der Waals surface area (Å²) in [4.78, 5) is 27.3. The van der Waals surface area contributed by atoms with Gasteiger partial charge in [-0.25, -0.2) is 0 Å². The van der Waals surface area contributed by atoms with E-state index in [1.54, 1.807) is 0 Å². The number of Topliss-reactive ketones (excluding diaryl/α,β-unsaturated/α-hetero) is 1. The number of ketones is 1. The molecule has 0 spiro atoms. The van der Waals surface area contributed by atoms with Crippen molar-refractivity contribution in [2.24, 2.45) is 5.73 Å². The number of benzene rings is 1. The molecule has 1 aromatic heterocycles. The van der Waals surface area contributed by atoms with Gasteiger partial charge < -0.3 is 21.4 Å². The van der Waals surface area contributed by atoms with Gasteiger partial charge in [0.25, 0.3) is 0 Å². The Morgan fingerprint density at radius 1 is 1.25 bits per heavy atom. The molecule has 1 heterocycles. The van der Waals surface area contributed by atoms with E-state index in [0.29, 0.717) is 19.4 Å². The van der Waals surface area contributed by atoms with Crippen LogP contribution in [0.2, 0.25) is 0 Å². The van der Waals surface area contributed by atoms with Gasteiger partial charge in [-0.05, 0) is 24.6 Å². The molecule has 1 aromatic carbocycles. The molecule has 6 heteroatoms. The van der Waals surface area contributed by atoms with Crippen LogP contribution in [0.15, 0.2) is 30.5 Å². The van der Waals surface area contributed by atoms with Crippen molar-refractivity contribution < 1.29 is 9.59 Å². The zero-order valence-electron chi connectivity index (χ0n) is 14.3. The Bertz CT molecular complexity index is 695. The summed E-state index contributed by atoms with van der Waals surface area (Å²) in [6.45, 7) is 4.69. The molecule has 0 radical (unpaired) electrons. The summed E-state index contributed by atoms with van der Waals surface area (Å²) in [6.07, 6.45) is 2.78. The molecule has 0 fully saturated rings. The van der Waals surface area contributed by atoms with Crippen molar-refractivity contribution in [2.75, 3.05) is 13.1 Å². The summed E-state index contributed by atoms with van der Waals surface area (Å²) < 4.78 is 0. The van der Waals surface area contributed by atoms with E-state index in [2.05, 4.69) is 15.6 Å². The minimum absolute atomic E-state index is 0.0855. The summed E-state index contributed by atoms with van der Waals surface area (Å²) >= 11 is 0. The van der Waals surface area contributed by atoms with Gasteiger partial charge in [0, 0.05) is 30.1 Å². The lowest BCUT2D eigenvalue weighted by Gasteiger charge is -2.18. The maximum atomic E-state index is 12.2. The summed E-state index contributed by atoms with van der Waals surface area (Å²) in [5, 5.41) is 6.95. The van der Waals surface area contributed by atoms with Crippen molar-refractivity contribution in [1.82, 2.24) is 15.6 Å². The molecule has 2 aromatic rings. The maximum Gasteiger partial charge on any atom is 0.237 e. The van der Waals surface area contributed by atoms with Crippen LogP contribution < -0.4 is 16.4 Å². The highest BCUT2D eigenvalue weighted by Crippen LogP contribution is 2.18. The van der Waals surface area contributed by atoms with Gasteiger partial charge in [-0.1, -0.05) is 32.0 Å². The van der Waals surface area contributed by atoms with Crippen LogP contribution in [0.1, 0.15) is 25.8 Å².